The van der Waals surface area contributed by atoms with Gasteiger partial charge in [-0.15, -0.1) is 11.3 Å². The quantitative estimate of drug-likeness (QED) is 0.872. The second-order valence-electron chi connectivity index (χ2n) is 4.94. The smallest absolute Gasteiger partial charge is 0.263 e. The minimum Gasteiger partial charge on any atom is -0.396 e. The van der Waals surface area contributed by atoms with Crippen LogP contribution in [0.1, 0.15) is 29.4 Å². The molecule has 3 N–H and O–H groups in total. The first-order valence-corrected chi connectivity index (χ1v) is 6.90. The van der Waals surface area contributed by atoms with Crippen LogP contribution in [0.15, 0.2) is 18.3 Å². The predicted octanol–water partition coefficient (Wildman–Crippen LogP) is 2.41. The summed E-state index contributed by atoms with van der Waals surface area (Å²) in [7, 11) is 0. The van der Waals surface area contributed by atoms with Gasteiger partial charge in [-0.1, -0.05) is 6.92 Å². The number of nitrogens with two attached hydrogens (primary N) is 1. The van der Waals surface area contributed by atoms with Crippen LogP contribution in [0, 0.1) is 5.92 Å². The standard InChI is InChI=1S/C13H15N3OS/c1-7-5-8(6-7)16-13(17)12-10(14)11-9(18-12)3-2-4-15-11/h2-4,7-8H,5-6,14H2,1H3,(H,16,17). The zero-order valence-electron chi connectivity index (χ0n) is 10.1. The molecule has 3 rings (SSSR count). The molecular formula is C13H15N3OS. The second kappa shape index (κ2) is 4.24. The maximum absolute atomic E-state index is 12.1. The summed E-state index contributed by atoms with van der Waals surface area (Å²) in [5.41, 5.74) is 7.22. The molecule has 0 atom stereocenters. The molecule has 0 unspecified atom stereocenters. The molecule has 0 aliphatic heterocycles. The van der Waals surface area contributed by atoms with Crippen molar-refractivity contribution < 1.29 is 4.79 Å². The van der Waals surface area contributed by atoms with Crippen molar-refractivity contribution in [1.29, 1.82) is 0 Å². The van der Waals surface area contributed by atoms with Gasteiger partial charge in [0.15, 0.2) is 0 Å². The van der Waals surface area contributed by atoms with E-state index in [9.17, 15) is 4.79 Å². The first-order chi connectivity index (χ1) is 8.65. The fraction of sp³-hybridized carbons (Fsp3) is 0.385. The van der Waals surface area contributed by atoms with Gasteiger partial charge in [-0.2, -0.15) is 0 Å². The Morgan fingerprint density at radius 1 is 1.56 bits per heavy atom. The van der Waals surface area contributed by atoms with Crippen LogP contribution in [0.25, 0.3) is 10.2 Å². The third kappa shape index (κ3) is 1.84. The van der Waals surface area contributed by atoms with E-state index in [0.29, 0.717) is 16.6 Å². The largest absolute Gasteiger partial charge is 0.396 e. The lowest BCUT2D eigenvalue weighted by molar-refractivity contribution is 0.0901. The number of hydrogen-bond acceptors (Lipinski definition) is 4. The van der Waals surface area contributed by atoms with Crippen LogP contribution in [0.2, 0.25) is 0 Å². The number of carbonyl (C=O) groups is 1. The fourth-order valence-corrected chi connectivity index (χ4v) is 3.37. The van der Waals surface area contributed by atoms with Crippen molar-refractivity contribution in [3.8, 4) is 0 Å². The van der Waals surface area contributed by atoms with E-state index >= 15 is 0 Å². The number of pyridine rings is 1. The molecule has 1 saturated carbocycles. The van der Waals surface area contributed by atoms with Crippen molar-refractivity contribution in [2.45, 2.75) is 25.8 Å². The van der Waals surface area contributed by atoms with Gasteiger partial charge in [0.1, 0.15) is 10.4 Å². The lowest BCUT2D eigenvalue weighted by Gasteiger charge is -2.33. The number of anilines is 1. The molecular weight excluding hydrogens is 246 g/mol. The predicted molar refractivity (Wildman–Crippen MR) is 73.7 cm³/mol. The lowest BCUT2D eigenvalue weighted by Crippen LogP contribution is -2.43. The molecule has 1 aliphatic rings. The summed E-state index contributed by atoms with van der Waals surface area (Å²) in [5.74, 6) is 0.657. The number of nitrogen functional groups attached to an aromatic ring is 1. The molecule has 18 heavy (non-hydrogen) atoms. The van der Waals surface area contributed by atoms with Crippen molar-refractivity contribution in [3.05, 3.63) is 23.2 Å². The van der Waals surface area contributed by atoms with Crippen molar-refractivity contribution in [3.63, 3.8) is 0 Å². The van der Waals surface area contributed by atoms with E-state index in [1.54, 1.807) is 6.20 Å². The van der Waals surface area contributed by atoms with Crippen LogP contribution < -0.4 is 11.1 Å². The third-order valence-electron chi connectivity index (χ3n) is 3.40. The SMILES string of the molecule is CC1CC(NC(=O)c2sc3cccnc3c2N)C1. The number of hydrogen-bond donors (Lipinski definition) is 2. The number of amides is 1. The number of thiophene rings is 1. The normalized spacial score (nSPS) is 22.7. The Labute approximate surface area is 109 Å². The van der Waals surface area contributed by atoms with Gasteiger partial charge in [-0.25, -0.2) is 0 Å². The highest BCUT2D eigenvalue weighted by atomic mass is 32.1. The van der Waals surface area contributed by atoms with E-state index in [1.165, 1.54) is 11.3 Å². The monoisotopic (exact) mass is 261 g/mol. The molecule has 4 nitrogen and oxygen atoms in total. The highest BCUT2D eigenvalue weighted by Gasteiger charge is 2.28. The molecule has 5 heteroatoms. The van der Waals surface area contributed by atoms with Crippen LogP contribution in [0.4, 0.5) is 5.69 Å². The molecule has 1 fully saturated rings. The van der Waals surface area contributed by atoms with E-state index in [0.717, 1.165) is 29.0 Å². The summed E-state index contributed by atoms with van der Waals surface area (Å²) in [6.07, 6.45) is 3.82. The number of carbonyl (C=O) groups excluding carboxylic acids is 1. The molecule has 0 aromatic carbocycles. The summed E-state index contributed by atoms with van der Waals surface area (Å²) >= 11 is 1.41. The van der Waals surface area contributed by atoms with Crippen molar-refractivity contribution in [1.82, 2.24) is 10.3 Å². The second-order valence-corrected chi connectivity index (χ2v) is 5.99. The Bertz CT molecular complexity index is 601. The van der Waals surface area contributed by atoms with Gasteiger partial charge < -0.3 is 11.1 Å². The molecule has 94 valence electrons. The minimum absolute atomic E-state index is 0.0626. The van der Waals surface area contributed by atoms with Crippen LogP contribution in [-0.4, -0.2) is 16.9 Å². The number of nitrogens with zero attached hydrogens (tertiary/aromatic N) is 1. The Balaban J connectivity index is 1.85. The summed E-state index contributed by atoms with van der Waals surface area (Å²) in [6.45, 7) is 2.19. The molecule has 2 aromatic heterocycles. The molecule has 2 heterocycles. The van der Waals surface area contributed by atoms with Gasteiger partial charge in [-0.05, 0) is 30.9 Å². The Morgan fingerprint density at radius 2 is 2.33 bits per heavy atom. The van der Waals surface area contributed by atoms with Gasteiger partial charge in [0.2, 0.25) is 0 Å². The van der Waals surface area contributed by atoms with Gasteiger partial charge in [-0.3, -0.25) is 9.78 Å². The highest BCUT2D eigenvalue weighted by Crippen LogP contribution is 2.33. The van der Waals surface area contributed by atoms with Crippen LogP contribution in [0.3, 0.4) is 0 Å². The molecule has 2 aromatic rings. The zero-order chi connectivity index (χ0) is 12.7. The van der Waals surface area contributed by atoms with Gasteiger partial charge >= 0.3 is 0 Å². The molecule has 0 bridgehead atoms. The first kappa shape index (κ1) is 11.5. The number of fused-ring (bicyclic) bond motifs is 1. The molecule has 1 amide bonds. The van der Waals surface area contributed by atoms with E-state index < -0.39 is 0 Å². The van der Waals surface area contributed by atoms with E-state index in [2.05, 4.69) is 17.2 Å². The van der Waals surface area contributed by atoms with Crippen molar-refractivity contribution in [2.75, 3.05) is 5.73 Å². The lowest BCUT2D eigenvalue weighted by atomic mass is 9.82. The number of aromatic nitrogens is 1. The first-order valence-electron chi connectivity index (χ1n) is 6.09. The summed E-state index contributed by atoms with van der Waals surface area (Å²) in [5, 5.41) is 3.03. The van der Waals surface area contributed by atoms with E-state index in [-0.39, 0.29) is 5.91 Å². The van der Waals surface area contributed by atoms with Crippen LogP contribution in [0.5, 0.6) is 0 Å². The Kier molecular flexibility index (Phi) is 2.70. The summed E-state index contributed by atoms with van der Waals surface area (Å²) in [4.78, 5) is 16.9. The van der Waals surface area contributed by atoms with Gasteiger partial charge in [0, 0.05) is 12.2 Å². The Morgan fingerprint density at radius 3 is 3.00 bits per heavy atom. The fourth-order valence-electron chi connectivity index (χ4n) is 2.39. The van der Waals surface area contributed by atoms with E-state index in [1.807, 2.05) is 12.1 Å². The topological polar surface area (TPSA) is 68.0 Å². The maximum atomic E-state index is 12.1. The molecule has 1 aliphatic carbocycles. The van der Waals surface area contributed by atoms with Gasteiger partial charge in [0.25, 0.3) is 5.91 Å². The molecule has 0 spiro atoms. The van der Waals surface area contributed by atoms with Crippen LogP contribution >= 0.6 is 11.3 Å². The van der Waals surface area contributed by atoms with Gasteiger partial charge in [0.05, 0.1) is 10.4 Å². The number of nitrogens with one attached hydrogen (secondary N) is 1. The maximum Gasteiger partial charge on any atom is 0.263 e. The highest BCUT2D eigenvalue weighted by molar-refractivity contribution is 7.21. The average molecular weight is 261 g/mol. The summed E-state index contributed by atoms with van der Waals surface area (Å²) in [6, 6.07) is 4.10. The Hall–Kier alpha value is -1.62. The van der Waals surface area contributed by atoms with Crippen molar-refractivity contribution >= 4 is 33.1 Å². The minimum atomic E-state index is -0.0626. The molecule has 0 saturated heterocycles. The summed E-state index contributed by atoms with van der Waals surface area (Å²) < 4.78 is 0.960. The molecule has 0 radical (unpaired) electrons. The zero-order valence-corrected chi connectivity index (χ0v) is 11.0. The van der Waals surface area contributed by atoms with Crippen LogP contribution in [-0.2, 0) is 0 Å². The third-order valence-corrected chi connectivity index (χ3v) is 4.56. The number of rotatable bonds is 2. The average Bonchev–Trinajstić information content (AvgIpc) is 2.66. The van der Waals surface area contributed by atoms with E-state index in [4.69, 9.17) is 5.73 Å². The van der Waals surface area contributed by atoms with Crippen molar-refractivity contribution in [2.24, 2.45) is 5.92 Å².